The fourth-order valence-corrected chi connectivity index (χ4v) is 3.52. The van der Waals surface area contributed by atoms with Crippen LogP contribution in [0.2, 0.25) is 0 Å². The molecule has 0 amide bonds. The Morgan fingerprint density at radius 3 is 2.80 bits per heavy atom. The number of nitriles is 1. The summed E-state index contributed by atoms with van der Waals surface area (Å²) in [4.78, 5) is 0. The summed E-state index contributed by atoms with van der Waals surface area (Å²) in [5.74, 6) is 0.199. The SMILES string of the molecule is N#CC(NS(=O)(=O)c1cccs1)C1CC1. The largest absolute Gasteiger partial charge is 0.251 e. The number of nitrogens with one attached hydrogen (secondary N) is 1. The van der Waals surface area contributed by atoms with E-state index >= 15 is 0 Å². The third kappa shape index (κ3) is 2.37. The van der Waals surface area contributed by atoms with Gasteiger partial charge in [0.25, 0.3) is 10.0 Å². The lowest BCUT2D eigenvalue weighted by Gasteiger charge is -2.09. The Kier molecular flexibility index (Phi) is 2.78. The maximum absolute atomic E-state index is 11.7. The van der Waals surface area contributed by atoms with Gasteiger partial charge < -0.3 is 0 Å². The minimum atomic E-state index is -3.49. The molecule has 1 aliphatic carbocycles. The van der Waals surface area contributed by atoms with Crippen LogP contribution in [0.15, 0.2) is 21.7 Å². The Hall–Kier alpha value is -0.900. The second kappa shape index (κ2) is 3.93. The Bertz CT molecular complexity index is 469. The lowest BCUT2D eigenvalue weighted by atomic mass is 10.2. The number of rotatable bonds is 4. The third-order valence-corrected chi connectivity index (χ3v) is 5.11. The van der Waals surface area contributed by atoms with E-state index in [0.717, 1.165) is 24.2 Å². The van der Waals surface area contributed by atoms with Crippen LogP contribution < -0.4 is 4.72 Å². The summed E-state index contributed by atoms with van der Waals surface area (Å²) in [6, 6.07) is 4.64. The molecule has 0 bridgehead atoms. The van der Waals surface area contributed by atoms with E-state index < -0.39 is 16.1 Å². The first-order valence-corrected chi connectivity index (χ1v) is 6.95. The zero-order valence-corrected chi connectivity index (χ0v) is 9.51. The monoisotopic (exact) mass is 242 g/mol. The summed E-state index contributed by atoms with van der Waals surface area (Å²) >= 11 is 1.15. The number of sulfonamides is 1. The molecule has 1 unspecified atom stereocenters. The van der Waals surface area contributed by atoms with E-state index in [1.165, 1.54) is 6.07 Å². The lowest BCUT2D eigenvalue weighted by Crippen LogP contribution is -2.34. The molecule has 0 radical (unpaired) electrons. The zero-order valence-electron chi connectivity index (χ0n) is 7.88. The fraction of sp³-hybridized carbons (Fsp3) is 0.444. The van der Waals surface area contributed by atoms with Gasteiger partial charge in [0.1, 0.15) is 10.3 Å². The molecule has 15 heavy (non-hydrogen) atoms. The van der Waals surface area contributed by atoms with Gasteiger partial charge in [-0.15, -0.1) is 11.3 Å². The van der Waals surface area contributed by atoms with Crippen molar-refractivity contribution in [1.29, 1.82) is 5.26 Å². The normalized spacial score (nSPS) is 18.3. The van der Waals surface area contributed by atoms with Gasteiger partial charge >= 0.3 is 0 Å². The van der Waals surface area contributed by atoms with Gasteiger partial charge in [-0.2, -0.15) is 9.98 Å². The van der Waals surface area contributed by atoms with Crippen molar-refractivity contribution in [2.24, 2.45) is 5.92 Å². The lowest BCUT2D eigenvalue weighted by molar-refractivity contribution is 0.562. The van der Waals surface area contributed by atoms with Gasteiger partial charge in [0.2, 0.25) is 0 Å². The highest BCUT2D eigenvalue weighted by Crippen LogP contribution is 2.33. The van der Waals surface area contributed by atoms with Crippen molar-refractivity contribution in [3.05, 3.63) is 17.5 Å². The molecular formula is C9H10N2O2S2. The smallest absolute Gasteiger partial charge is 0.206 e. The van der Waals surface area contributed by atoms with Crippen LogP contribution >= 0.6 is 11.3 Å². The van der Waals surface area contributed by atoms with Crippen molar-refractivity contribution in [3.63, 3.8) is 0 Å². The Morgan fingerprint density at radius 1 is 1.60 bits per heavy atom. The minimum absolute atomic E-state index is 0.199. The molecule has 1 heterocycles. The summed E-state index contributed by atoms with van der Waals surface area (Å²) in [7, 11) is -3.49. The zero-order chi connectivity index (χ0) is 10.9. The molecule has 6 heteroatoms. The first kappa shape index (κ1) is 10.6. The van der Waals surface area contributed by atoms with Crippen molar-refractivity contribution in [1.82, 2.24) is 4.72 Å². The third-order valence-electron chi connectivity index (χ3n) is 2.27. The molecule has 0 aromatic carbocycles. The van der Waals surface area contributed by atoms with Crippen molar-refractivity contribution in [3.8, 4) is 6.07 Å². The van der Waals surface area contributed by atoms with Crippen LogP contribution in [0.25, 0.3) is 0 Å². The predicted octanol–water partition coefficient (Wildman–Crippen LogP) is 1.33. The molecule has 4 nitrogen and oxygen atoms in total. The van der Waals surface area contributed by atoms with Crippen molar-refractivity contribution < 1.29 is 8.42 Å². The molecule has 80 valence electrons. The van der Waals surface area contributed by atoms with E-state index in [1.807, 2.05) is 6.07 Å². The molecule has 1 aromatic heterocycles. The minimum Gasteiger partial charge on any atom is -0.206 e. The molecule has 0 spiro atoms. The van der Waals surface area contributed by atoms with Gasteiger partial charge in [0.05, 0.1) is 6.07 Å². The molecule has 1 atom stereocenters. The van der Waals surface area contributed by atoms with Gasteiger partial charge in [-0.1, -0.05) is 6.07 Å². The summed E-state index contributed by atoms with van der Waals surface area (Å²) in [5, 5.41) is 10.5. The average molecular weight is 242 g/mol. The van der Waals surface area contributed by atoms with E-state index in [2.05, 4.69) is 4.72 Å². The van der Waals surface area contributed by atoms with Gasteiger partial charge in [0.15, 0.2) is 0 Å². The maximum atomic E-state index is 11.7. The Morgan fingerprint density at radius 2 is 2.33 bits per heavy atom. The maximum Gasteiger partial charge on any atom is 0.251 e. The Balaban J connectivity index is 2.14. The van der Waals surface area contributed by atoms with Gasteiger partial charge in [-0.25, -0.2) is 8.42 Å². The molecule has 1 fully saturated rings. The van der Waals surface area contributed by atoms with E-state index in [4.69, 9.17) is 5.26 Å². The second-order valence-electron chi connectivity index (χ2n) is 3.50. The topological polar surface area (TPSA) is 70.0 Å². The quantitative estimate of drug-likeness (QED) is 0.866. The summed E-state index contributed by atoms with van der Waals surface area (Å²) in [6.45, 7) is 0. The molecule has 1 N–H and O–H groups in total. The first-order chi connectivity index (χ1) is 7.13. The number of hydrogen-bond acceptors (Lipinski definition) is 4. The second-order valence-corrected chi connectivity index (χ2v) is 6.39. The molecule has 1 aliphatic rings. The van der Waals surface area contributed by atoms with Crippen molar-refractivity contribution in [2.45, 2.75) is 23.1 Å². The molecule has 0 saturated heterocycles. The highest BCUT2D eigenvalue weighted by atomic mass is 32.2. The number of thiophene rings is 1. The molecule has 2 rings (SSSR count). The first-order valence-electron chi connectivity index (χ1n) is 4.59. The van der Waals surface area contributed by atoms with Crippen LogP contribution in [0.4, 0.5) is 0 Å². The van der Waals surface area contributed by atoms with Crippen LogP contribution in [0, 0.1) is 17.2 Å². The Labute approximate surface area is 92.6 Å². The van der Waals surface area contributed by atoms with E-state index in [-0.39, 0.29) is 10.1 Å². The van der Waals surface area contributed by atoms with Crippen LogP contribution in [0.3, 0.4) is 0 Å². The van der Waals surface area contributed by atoms with E-state index in [0.29, 0.717) is 0 Å². The average Bonchev–Trinajstić information content (AvgIpc) is 2.88. The van der Waals surface area contributed by atoms with Gasteiger partial charge in [-0.3, -0.25) is 0 Å². The van der Waals surface area contributed by atoms with Crippen LogP contribution in [-0.2, 0) is 10.0 Å². The highest BCUT2D eigenvalue weighted by molar-refractivity contribution is 7.91. The van der Waals surface area contributed by atoms with Gasteiger partial charge in [0, 0.05) is 0 Å². The van der Waals surface area contributed by atoms with Gasteiger partial charge in [-0.05, 0) is 30.2 Å². The number of nitrogens with zero attached hydrogens (tertiary/aromatic N) is 1. The fourth-order valence-electron chi connectivity index (χ4n) is 1.30. The summed E-state index contributed by atoms with van der Waals surface area (Å²) < 4.78 is 26.2. The van der Waals surface area contributed by atoms with Crippen molar-refractivity contribution in [2.75, 3.05) is 0 Å². The van der Waals surface area contributed by atoms with Crippen LogP contribution in [0.5, 0.6) is 0 Å². The van der Waals surface area contributed by atoms with E-state index in [9.17, 15) is 8.42 Å². The summed E-state index contributed by atoms with van der Waals surface area (Å²) in [6.07, 6.45) is 1.87. The molecule has 1 aromatic rings. The highest BCUT2D eigenvalue weighted by Gasteiger charge is 2.34. The molecular weight excluding hydrogens is 232 g/mol. The molecule has 0 aliphatic heterocycles. The predicted molar refractivity (Wildman–Crippen MR) is 56.8 cm³/mol. The standard InChI is InChI=1S/C9H10N2O2S2/c10-6-8(7-3-4-7)11-15(12,13)9-2-1-5-14-9/h1-2,5,7-8,11H,3-4H2. The van der Waals surface area contributed by atoms with Crippen LogP contribution in [-0.4, -0.2) is 14.5 Å². The van der Waals surface area contributed by atoms with E-state index in [1.54, 1.807) is 11.4 Å². The molecule has 1 saturated carbocycles. The summed E-state index contributed by atoms with van der Waals surface area (Å²) in [5.41, 5.74) is 0. The number of hydrogen-bond donors (Lipinski definition) is 1. The van der Waals surface area contributed by atoms with Crippen LogP contribution in [0.1, 0.15) is 12.8 Å². The van der Waals surface area contributed by atoms with Crippen molar-refractivity contribution >= 4 is 21.4 Å².